The second-order valence-corrected chi connectivity index (χ2v) is 4.46. The summed E-state index contributed by atoms with van der Waals surface area (Å²) in [6.45, 7) is 6.40. The highest BCUT2D eigenvalue weighted by Crippen LogP contribution is 2.22. The van der Waals surface area contributed by atoms with Crippen LogP contribution in [0.4, 0.5) is 5.69 Å². The summed E-state index contributed by atoms with van der Waals surface area (Å²) in [6, 6.07) is 3.88. The predicted octanol–water partition coefficient (Wildman–Crippen LogP) is 2.39. The molecule has 0 saturated carbocycles. The first kappa shape index (κ1) is 10.4. The molecule has 2 nitrogen and oxygen atoms in total. The largest absolute Gasteiger partial charge is 0.397 e. The molecule has 72 valence electrons. The summed E-state index contributed by atoms with van der Waals surface area (Å²) < 4.78 is 0. The standard InChI is InChI=1S/C10H16N2S/c1-10(2,3)9-5-4-7(11)8(6-13)12-9/h4-5,13H,6,11H2,1-3H3. The summed E-state index contributed by atoms with van der Waals surface area (Å²) in [4.78, 5) is 4.46. The maximum atomic E-state index is 5.73. The zero-order chi connectivity index (χ0) is 10.1. The van der Waals surface area contributed by atoms with Crippen LogP contribution in [0.1, 0.15) is 32.2 Å². The Kier molecular flexibility index (Phi) is 2.86. The SMILES string of the molecule is CC(C)(C)c1ccc(N)c(CS)n1. The van der Waals surface area contributed by atoms with Crippen LogP contribution in [0.15, 0.2) is 12.1 Å². The third kappa shape index (κ3) is 2.37. The lowest BCUT2D eigenvalue weighted by Gasteiger charge is -2.18. The number of pyridine rings is 1. The van der Waals surface area contributed by atoms with E-state index in [-0.39, 0.29) is 5.41 Å². The van der Waals surface area contributed by atoms with Gasteiger partial charge in [-0.15, -0.1) is 0 Å². The second-order valence-electron chi connectivity index (χ2n) is 4.14. The van der Waals surface area contributed by atoms with Gasteiger partial charge in [0.1, 0.15) is 0 Å². The van der Waals surface area contributed by atoms with E-state index in [2.05, 4.69) is 38.4 Å². The molecule has 0 amide bonds. The van der Waals surface area contributed by atoms with Crippen molar-refractivity contribution in [2.75, 3.05) is 5.73 Å². The molecule has 0 saturated heterocycles. The topological polar surface area (TPSA) is 38.9 Å². The van der Waals surface area contributed by atoms with Gasteiger partial charge in [-0.2, -0.15) is 12.6 Å². The fraction of sp³-hybridized carbons (Fsp3) is 0.500. The monoisotopic (exact) mass is 196 g/mol. The number of hydrogen-bond donors (Lipinski definition) is 2. The Hall–Kier alpha value is -0.700. The molecule has 1 heterocycles. The number of aromatic nitrogens is 1. The normalized spacial score (nSPS) is 11.7. The number of nitrogens with two attached hydrogens (primary N) is 1. The van der Waals surface area contributed by atoms with Crippen LogP contribution in [-0.4, -0.2) is 4.98 Å². The first-order valence-electron chi connectivity index (χ1n) is 4.32. The number of thiol groups is 1. The minimum Gasteiger partial charge on any atom is -0.397 e. The van der Waals surface area contributed by atoms with Gasteiger partial charge < -0.3 is 5.73 Å². The van der Waals surface area contributed by atoms with Gasteiger partial charge in [0.05, 0.1) is 11.4 Å². The Bertz CT molecular complexity index is 302. The molecule has 1 aromatic heterocycles. The molecule has 0 spiro atoms. The maximum absolute atomic E-state index is 5.73. The Labute approximate surface area is 85.0 Å². The zero-order valence-corrected chi connectivity index (χ0v) is 9.23. The second kappa shape index (κ2) is 3.58. The van der Waals surface area contributed by atoms with Crippen LogP contribution in [-0.2, 0) is 11.2 Å². The van der Waals surface area contributed by atoms with Gasteiger partial charge in [-0.3, -0.25) is 4.98 Å². The summed E-state index contributed by atoms with van der Waals surface area (Å²) in [5.74, 6) is 0.593. The van der Waals surface area contributed by atoms with Gasteiger partial charge in [0.25, 0.3) is 0 Å². The fourth-order valence-corrected chi connectivity index (χ4v) is 1.31. The number of anilines is 1. The van der Waals surface area contributed by atoms with Crippen molar-refractivity contribution >= 4 is 18.3 Å². The molecule has 13 heavy (non-hydrogen) atoms. The highest BCUT2D eigenvalue weighted by atomic mass is 32.1. The van der Waals surface area contributed by atoms with Crippen molar-refractivity contribution in [3.05, 3.63) is 23.5 Å². The summed E-state index contributed by atoms with van der Waals surface area (Å²) in [7, 11) is 0. The van der Waals surface area contributed by atoms with Crippen molar-refractivity contribution in [1.82, 2.24) is 4.98 Å². The van der Waals surface area contributed by atoms with Gasteiger partial charge in [0, 0.05) is 16.9 Å². The highest BCUT2D eigenvalue weighted by molar-refractivity contribution is 7.79. The molecular formula is C10H16N2S. The molecule has 0 aromatic carbocycles. The fourth-order valence-electron chi connectivity index (χ4n) is 1.06. The van der Waals surface area contributed by atoms with Crippen LogP contribution < -0.4 is 5.73 Å². The predicted molar refractivity (Wildman–Crippen MR) is 60.0 cm³/mol. The zero-order valence-electron chi connectivity index (χ0n) is 8.33. The van der Waals surface area contributed by atoms with Gasteiger partial charge in [-0.1, -0.05) is 20.8 Å². The summed E-state index contributed by atoms with van der Waals surface area (Å²) >= 11 is 4.18. The Balaban J connectivity index is 3.14. The summed E-state index contributed by atoms with van der Waals surface area (Å²) in [5, 5.41) is 0. The number of nitrogens with zero attached hydrogens (tertiary/aromatic N) is 1. The average Bonchev–Trinajstić information content (AvgIpc) is 2.03. The third-order valence-electron chi connectivity index (χ3n) is 1.93. The number of rotatable bonds is 1. The van der Waals surface area contributed by atoms with Gasteiger partial charge in [0.15, 0.2) is 0 Å². The molecule has 0 aliphatic heterocycles. The van der Waals surface area contributed by atoms with E-state index in [0.717, 1.165) is 17.1 Å². The number of nitrogen functional groups attached to an aromatic ring is 1. The van der Waals surface area contributed by atoms with E-state index in [9.17, 15) is 0 Å². The summed E-state index contributed by atoms with van der Waals surface area (Å²) in [6.07, 6.45) is 0. The van der Waals surface area contributed by atoms with E-state index in [0.29, 0.717) is 5.75 Å². The minimum absolute atomic E-state index is 0.0748. The van der Waals surface area contributed by atoms with Crippen LogP contribution in [0.25, 0.3) is 0 Å². The van der Waals surface area contributed by atoms with E-state index in [1.807, 2.05) is 12.1 Å². The molecule has 0 bridgehead atoms. The van der Waals surface area contributed by atoms with Crippen molar-refractivity contribution in [3.8, 4) is 0 Å². The Morgan fingerprint density at radius 2 is 2.00 bits per heavy atom. The van der Waals surface area contributed by atoms with E-state index < -0.39 is 0 Å². The van der Waals surface area contributed by atoms with E-state index in [4.69, 9.17) is 5.73 Å². The van der Waals surface area contributed by atoms with Crippen molar-refractivity contribution < 1.29 is 0 Å². The molecular weight excluding hydrogens is 180 g/mol. The highest BCUT2D eigenvalue weighted by Gasteiger charge is 2.16. The summed E-state index contributed by atoms with van der Waals surface area (Å²) in [5.41, 5.74) is 8.46. The van der Waals surface area contributed by atoms with Gasteiger partial charge >= 0.3 is 0 Å². The lowest BCUT2D eigenvalue weighted by Crippen LogP contribution is -2.14. The van der Waals surface area contributed by atoms with E-state index in [1.165, 1.54) is 0 Å². The van der Waals surface area contributed by atoms with E-state index in [1.54, 1.807) is 0 Å². The molecule has 0 unspecified atom stereocenters. The van der Waals surface area contributed by atoms with Crippen LogP contribution >= 0.6 is 12.6 Å². The van der Waals surface area contributed by atoms with Gasteiger partial charge in [0.2, 0.25) is 0 Å². The van der Waals surface area contributed by atoms with Crippen molar-refractivity contribution in [3.63, 3.8) is 0 Å². The van der Waals surface area contributed by atoms with Crippen molar-refractivity contribution in [1.29, 1.82) is 0 Å². The van der Waals surface area contributed by atoms with Crippen molar-refractivity contribution in [2.45, 2.75) is 31.9 Å². The van der Waals surface area contributed by atoms with Crippen molar-refractivity contribution in [2.24, 2.45) is 0 Å². The Morgan fingerprint density at radius 1 is 1.38 bits per heavy atom. The lowest BCUT2D eigenvalue weighted by molar-refractivity contribution is 0.567. The molecule has 2 N–H and O–H groups in total. The third-order valence-corrected chi connectivity index (χ3v) is 2.23. The maximum Gasteiger partial charge on any atom is 0.0732 e. The Morgan fingerprint density at radius 3 is 2.46 bits per heavy atom. The van der Waals surface area contributed by atoms with Crippen LogP contribution in [0.2, 0.25) is 0 Å². The first-order valence-corrected chi connectivity index (χ1v) is 4.95. The molecule has 0 radical (unpaired) electrons. The molecule has 0 fully saturated rings. The van der Waals surface area contributed by atoms with Gasteiger partial charge in [-0.25, -0.2) is 0 Å². The molecule has 0 aliphatic rings. The molecule has 1 aromatic rings. The number of hydrogen-bond acceptors (Lipinski definition) is 3. The lowest BCUT2D eigenvalue weighted by atomic mass is 9.91. The molecule has 0 aliphatic carbocycles. The average molecular weight is 196 g/mol. The quantitative estimate of drug-likeness (QED) is 0.677. The minimum atomic E-state index is 0.0748. The molecule has 3 heteroatoms. The van der Waals surface area contributed by atoms with E-state index >= 15 is 0 Å². The first-order chi connectivity index (χ1) is 5.95. The van der Waals surface area contributed by atoms with Gasteiger partial charge in [-0.05, 0) is 12.1 Å². The van der Waals surface area contributed by atoms with Crippen LogP contribution in [0, 0.1) is 0 Å². The molecule has 0 atom stereocenters. The van der Waals surface area contributed by atoms with Crippen LogP contribution in [0.3, 0.4) is 0 Å². The van der Waals surface area contributed by atoms with Crippen LogP contribution in [0.5, 0.6) is 0 Å². The molecule has 1 rings (SSSR count). The smallest absolute Gasteiger partial charge is 0.0732 e.